The molecular weight excluding hydrogens is 212 g/mol. The fourth-order valence-electron chi connectivity index (χ4n) is 1.91. The molecule has 0 heterocycles. The van der Waals surface area contributed by atoms with Crippen molar-refractivity contribution in [2.24, 2.45) is 11.1 Å². The Morgan fingerprint density at radius 3 is 2.18 bits per heavy atom. The molecule has 0 aliphatic heterocycles. The van der Waals surface area contributed by atoms with E-state index in [2.05, 4.69) is 37.9 Å². The summed E-state index contributed by atoms with van der Waals surface area (Å²) in [6.45, 7) is 7.05. The third kappa shape index (κ3) is 4.86. The second-order valence-electron chi connectivity index (χ2n) is 5.52. The summed E-state index contributed by atoms with van der Waals surface area (Å²) in [4.78, 5) is 2.28. The number of hydrogen-bond acceptors (Lipinski definition) is 3. The predicted octanol–water partition coefficient (Wildman–Crippen LogP) is 1.60. The van der Waals surface area contributed by atoms with E-state index >= 15 is 0 Å². The third-order valence-electron chi connectivity index (χ3n) is 2.91. The topological polar surface area (TPSA) is 49.5 Å². The Morgan fingerprint density at radius 1 is 1.18 bits per heavy atom. The maximum absolute atomic E-state index is 8.97. The minimum absolute atomic E-state index is 0.107. The van der Waals surface area contributed by atoms with Crippen LogP contribution in [-0.2, 0) is 13.2 Å². The summed E-state index contributed by atoms with van der Waals surface area (Å²) in [5.74, 6) is 0. The van der Waals surface area contributed by atoms with Gasteiger partial charge in [0, 0.05) is 13.1 Å². The fourth-order valence-corrected chi connectivity index (χ4v) is 1.91. The molecule has 3 nitrogen and oxygen atoms in total. The van der Waals surface area contributed by atoms with Crippen LogP contribution < -0.4 is 5.73 Å². The molecule has 17 heavy (non-hydrogen) atoms. The minimum Gasteiger partial charge on any atom is -0.392 e. The Balaban J connectivity index is 2.52. The number of rotatable bonds is 6. The largest absolute Gasteiger partial charge is 0.392 e. The molecule has 1 aromatic carbocycles. The van der Waals surface area contributed by atoms with E-state index in [0.29, 0.717) is 6.54 Å². The second-order valence-corrected chi connectivity index (χ2v) is 5.52. The molecule has 0 atom stereocenters. The minimum atomic E-state index is 0.107. The van der Waals surface area contributed by atoms with E-state index in [1.807, 2.05) is 12.1 Å². The van der Waals surface area contributed by atoms with E-state index in [1.165, 1.54) is 5.56 Å². The molecule has 3 heteroatoms. The summed E-state index contributed by atoms with van der Waals surface area (Å²) in [5.41, 5.74) is 8.10. The van der Waals surface area contributed by atoms with E-state index < -0.39 is 0 Å². The van der Waals surface area contributed by atoms with E-state index in [9.17, 15) is 0 Å². The van der Waals surface area contributed by atoms with Gasteiger partial charge in [-0.3, -0.25) is 0 Å². The molecule has 0 aliphatic rings. The highest BCUT2D eigenvalue weighted by atomic mass is 16.3. The van der Waals surface area contributed by atoms with E-state index in [1.54, 1.807) is 0 Å². The van der Waals surface area contributed by atoms with Crippen LogP contribution in [0.25, 0.3) is 0 Å². The molecule has 0 aliphatic carbocycles. The van der Waals surface area contributed by atoms with Gasteiger partial charge in [-0.05, 0) is 30.1 Å². The van der Waals surface area contributed by atoms with Gasteiger partial charge in [0.25, 0.3) is 0 Å². The molecule has 0 aromatic heterocycles. The maximum Gasteiger partial charge on any atom is 0.0681 e. The molecule has 96 valence electrons. The summed E-state index contributed by atoms with van der Waals surface area (Å²) in [6.07, 6.45) is 0. The lowest BCUT2D eigenvalue weighted by atomic mass is 9.93. The summed E-state index contributed by atoms with van der Waals surface area (Å²) >= 11 is 0. The van der Waals surface area contributed by atoms with Crippen LogP contribution >= 0.6 is 0 Å². The molecule has 0 radical (unpaired) electrons. The van der Waals surface area contributed by atoms with Gasteiger partial charge in [0.2, 0.25) is 0 Å². The van der Waals surface area contributed by atoms with Crippen LogP contribution in [0.3, 0.4) is 0 Å². The van der Waals surface area contributed by atoms with Crippen molar-refractivity contribution in [2.45, 2.75) is 27.0 Å². The molecule has 0 fully saturated rings. The van der Waals surface area contributed by atoms with Crippen molar-refractivity contribution in [1.29, 1.82) is 0 Å². The predicted molar refractivity (Wildman–Crippen MR) is 71.5 cm³/mol. The first-order chi connectivity index (χ1) is 7.96. The van der Waals surface area contributed by atoms with Crippen LogP contribution in [0.2, 0.25) is 0 Å². The highest BCUT2D eigenvalue weighted by Crippen LogP contribution is 2.15. The summed E-state index contributed by atoms with van der Waals surface area (Å²) in [5, 5.41) is 8.97. The quantitative estimate of drug-likeness (QED) is 0.788. The fraction of sp³-hybridized carbons (Fsp3) is 0.571. The lowest BCUT2D eigenvalue weighted by Gasteiger charge is -2.29. The van der Waals surface area contributed by atoms with Gasteiger partial charge in [-0.25, -0.2) is 0 Å². The molecule has 0 spiro atoms. The molecule has 1 aromatic rings. The van der Waals surface area contributed by atoms with Crippen LogP contribution in [0.15, 0.2) is 24.3 Å². The molecule has 3 N–H and O–H groups in total. The van der Waals surface area contributed by atoms with Crippen LogP contribution in [0.5, 0.6) is 0 Å². The van der Waals surface area contributed by atoms with Crippen LogP contribution in [0.1, 0.15) is 25.0 Å². The van der Waals surface area contributed by atoms with Gasteiger partial charge in [0.15, 0.2) is 0 Å². The van der Waals surface area contributed by atoms with Gasteiger partial charge < -0.3 is 15.7 Å². The van der Waals surface area contributed by atoms with Crippen LogP contribution in [-0.4, -0.2) is 30.1 Å². The van der Waals surface area contributed by atoms with Gasteiger partial charge in [-0.1, -0.05) is 38.1 Å². The van der Waals surface area contributed by atoms with Crippen molar-refractivity contribution in [3.8, 4) is 0 Å². The zero-order valence-corrected chi connectivity index (χ0v) is 11.1. The van der Waals surface area contributed by atoms with Gasteiger partial charge >= 0.3 is 0 Å². The monoisotopic (exact) mass is 236 g/mol. The smallest absolute Gasteiger partial charge is 0.0681 e. The summed E-state index contributed by atoms with van der Waals surface area (Å²) in [7, 11) is 2.11. The number of nitrogens with zero attached hydrogens (tertiary/aromatic N) is 1. The highest BCUT2D eigenvalue weighted by molar-refractivity contribution is 5.21. The second kappa shape index (κ2) is 6.15. The van der Waals surface area contributed by atoms with E-state index in [-0.39, 0.29) is 12.0 Å². The number of aliphatic hydroxyl groups is 1. The SMILES string of the molecule is CN(Cc1ccc(CO)cc1)CC(C)(C)CN. The molecule has 1 rings (SSSR count). The Bertz CT molecular complexity index is 333. The zero-order valence-electron chi connectivity index (χ0n) is 11.1. The Labute approximate surface area is 104 Å². The van der Waals surface area contributed by atoms with Crippen molar-refractivity contribution >= 4 is 0 Å². The van der Waals surface area contributed by atoms with E-state index in [0.717, 1.165) is 18.7 Å². The average molecular weight is 236 g/mol. The molecule has 0 bridgehead atoms. The van der Waals surface area contributed by atoms with Gasteiger partial charge in [-0.2, -0.15) is 0 Å². The number of hydrogen-bond donors (Lipinski definition) is 2. The lowest BCUT2D eigenvalue weighted by Crippen LogP contribution is -2.36. The van der Waals surface area contributed by atoms with Gasteiger partial charge in [0.1, 0.15) is 0 Å². The molecular formula is C14H24N2O. The lowest BCUT2D eigenvalue weighted by molar-refractivity contribution is 0.210. The first-order valence-electron chi connectivity index (χ1n) is 6.04. The normalized spacial score (nSPS) is 12.1. The number of aliphatic hydroxyl groups excluding tert-OH is 1. The zero-order chi connectivity index (χ0) is 12.9. The first-order valence-corrected chi connectivity index (χ1v) is 6.04. The molecule has 0 saturated carbocycles. The van der Waals surface area contributed by atoms with Crippen LogP contribution in [0.4, 0.5) is 0 Å². The Morgan fingerprint density at radius 2 is 1.71 bits per heavy atom. The summed E-state index contributed by atoms with van der Waals surface area (Å²) in [6, 6.07) is 8.07. The van der Waals surface area contributed by atoms with Gasteiger partial charge in [-0.15, -0.1) is 0 Å². The molecule has 0 amide bonds. The third-order valence-corrected chi connectivity index (χ3v) is 2.91. The van der Waals surface area contributed by atoms with Crippen molar-refractivity contribution in [2.75, 3.05) is 20.1 Å². The highest BCUT2D eigenvalue weighted by Gasteiger charge is 2.17. The van der Waals surface area contributed by atoms with Crippen molar-refractivity contribution < 1.29 is 5.11 Å². The van der Waals surface area contributed by atoms with Crippen LogP contribution in [0, 0.1) is 5.41 Å². The Kier molecular flexibility index (Phi) is 5.12. The maximum atomic E-state index is 8.97. The number of benzene rings is 1. The Hall–Kier alpha value is -0.900. The molecule has 0 saturated heterocycles. The standard InChI is InChI=1S/C14H24N2O/c1-14(2,10-15)11-16(3)8-12-4-6-13(9-17)7-5-12/h4-7,17H,8-11,15H2,1-3H3. The van der Waals surface area contributed by atoms with Crippen molar-refractivity contribution in [1.82, 2.24) is 4.90 Å². The number of nitrogens with two attached hydrogens (primary N) is 1. The van der Waals surface area contributed by atoms with Gasteiger partial charge in [0.05, 0.1) is 6.61 Å². The first kappa shape index (κ1) is 14.2. The summed E-state index contributed by atoms with van der Waals surface area (Å²) < 4.78 is 0. The van der Waals surface area contributed by atoms with E-state index in [4.69, 9.17) is 10.8 Å². The van der Waals surface area contributed by atoms with Crippen molar-refractivity contribution in [3.63, 3.8) is 0 Å². The average Bonchev–Trinajstić information content (AvgIpc) is 2.29. The molecule has 0 unspecified atom stereocenters. The van der Waals surface area contributed by atoms with Crippen molar-refractivity contribution in [3.05, 3.63) is 35.4 Å².